The number of aromatic nitrogens is 2. The van der Waals surface area contributed by atoms with Gasteiger partial charge in [-0.25, -0.2) is 0 Å². The lowest BCUT2D eigenvalue weighted by Gasteiger charge is -1.98. The van der Waals surface area contributed by atoms with Crippen LogP contribution in [0, 0.1) is 0 Å². The topological polar surface area (TPSA) is 43.8 Å². The Hall–Kier alpha value is -0.830. The van der Waals surface area contributed by atoms with E-state index in [1.807, 2.05) is 17.8 Å². The Morgan fingerprint density at radius 3 is 2.91 bits per heavy atom. The molecule has 1 saturated carbocycles. The molecule has 0 radical (unpaired) electrons. The molecule has 3 heteroatoms. The molecule has 1 heterocycles. The van der Waals surface area contributed by atoms with Crippen LogP contribution in [0.15, 0.2) is 12.4 Å². The quantitative estimate of drug-likeness (QED) is 0.691. The Morgan fingerprint density at radius 1 is 1.73 bits per heavy atom. The van der Waals surface area contributed by atoms with Gasteiger partial charge in [-0.3, -0.25) is 4.68 Å². The average Bonchev–Trinajstić information content (AvgIpc) is 2.68. The van der Waals surface area contributed by atoms with Gasteiger partial charge in [0.2, 0.25) is 0 Å². The van der Waals surface area contributed by atoms with E-state index < -0.39 is 0 Å². The molecule has 0 bridgehead atoms. The molecule has 1 aromatic heterocycles. The maximum atomic E-state index is 5.69. The van der Waals surface area contributed by atoms with Crippen LogP contribution in [0.1, 0.15) is 37.4 Å². The molecule has 60 valence electrons. The van der Waals surface area contributed by atoms with Gasteiger partial charge in [0.1, 0.15) is 0 Å². The minimum Gasteiger partial charge on any atom is -0.324 e. The van der Waals surface area contributed by atoms with E-state index in [9.17, 15) is 0 Å². The van der Waals surface area contributed by atoms with Crippen molar-refractivity contribution in [2.75, 3.05) is 0 Å². The molecule has 0 amide bonds. The summed E-state index contributed by atoms with van der Waals surface area (Å²) in [6.07, 6.45) is 6.48. The second-order valence-corrected chi connectivity index (χ2v) is 3.27. The molecular weight excluding hydrogens is 138 g/mol. The Kier molecular flexibility index (Phi) is 1.46. The first-order valence-electron chi connectivity index (χ1n) is 4.07. The van der Waals surface area contributed by atoms with Gasteiger partial charge in [-0.1, -0.05) is 0 Å². The molecule has 1 fully saturated rings. The summed E-state index contributed by atoms with van der Waals surface area (Å²) in [5.74, 6) is 0. The smallest absolute Gasteiger partial charge is 0.0537 e. The van der Waals surface area contributed by atoms with Gasteiger partial charge in [0.25, 0.3) is 0 Å². The first kappa shape index (κ1) is 6.85. The molecule has 0 aliphatic heterocycles. The van der Waals surface area contributed by atoms with Crippen LogP contribution >= 0.6 is 0 Å². The van der Waals surface area contributed by atoms with E-state index in [-0.39, 0.29) is 6.04 Å². The summed E-state index contributed by atoms with van der Waals surface area (Å²) in [6, 6.07) is 0.782. The van der Waals surface area contributed by atoms with Gasteiger partial charge in [0.15, 0.2) is 0 Å². The van der Waals surface area contributed by atoms with Crippen molar-refractivity contribution in [3.8, 4) is 0 Å². The van der Waals surface area contributed by atoms with Crippen molar-refractivity contribution >= 4 is 0 Å². The van der Waals surface area contributed by atoms with E-state index in [0.717, 1.165) is 5.56 Å². The zero-order valence-electron chi connectivity index (χ0n) is 6.70. The van der Waals surface area contributed by atoms with Gasteiger partial charge >= 0.3 is 0 Å². The third-order valence-electron chi connectivity index (χ3n) is 2.07. The van der Waals surface area contributed by atoms with E-state index in [1.165, 1.54) is 12.8 Å². The molecule has 1 aromatic rings. The van der Waals surface area contributed by atoms with Crippen molar-refractivity contribution in [1.29, 1.82) is 0 Å². The molecule has 0 aromatic carbocycles. The van der Waals surface area contributed by atoms with Crippen LogP contribution in [0.25, 0.3) is 0 Å². The number of hydrogen-bond donors (Lipinski definition) is 1. The summed E-state index contributed by atoms with van der Waals surface area (Å²) < 4.78 is 2.03. The van der Waals surface area contributed by atoms with Crippen LogP contribution in [-0.2, 0) is 0 Å². The van der Waals surface area contributed by atoms with Crippen molar-refractivity contribution in [2.24, 2.45) is 5.73 Å². The lowest BCUT2D eigenvalue weighted by molar-refractivity contribution is 0.640. The van der Waals surface area contributed by atoms with Crippen molar-refractivity contribution in [3.05, 3.63) is 18.0 Å². The molecule has 2 N–H and O–H groups in total. The molecule has 1 atom stereocenters. The Balaban J connectivity index is 2.18. The highest BCUT2D eigenvalue weighted by Gasteiger charge is 2.24. The zero-order chi connectivity index (χ0) is 7.84. The molecule has 0 saturated heterocycles. The van der Waals surface area contributed by atoms with Gasteiger partial charge in [0.05, 0.1) is 12.2 Å². The largest absolute Gasteiger partial charge is 0.324 e. The number of rotatable bonds is 2. The fraction of sp³-hybridized carbons (Fsp3) is 0.625. The summed E-state index contributed by atoms with van der Waals surface area (Å²) in [6.45, 7) is 1.98. The van der Waals surface area contributed by atoms with Crippen LogP contribution in [0.2, 0.25) is 0 Å². The van der Waals surface area contributed by atoms with Crippen molar-refractivity contribution in [2.45, 2.75) is 31.8 Å². The molecule has 0 spiro atoms. The second kappa shape index (κ2) is 2.34. The van der Waals surface area contributed by atoms with Crippen LogP contribution in [0.5, 0.6) is 0 Å². The zero-order valence-corrected chi connectivity index (χ0v) is 6.70. The average molecular weight is 151 g/mol. The third kappa shape index (κ3) is 1.28. The molecule has 1 aliphatic rings. The first-order chi connectivity index (χ1) is 5.27. The molecule has 11 heavy (non-hydrogen) atoms. The van der Waals surface area contributed by atoms with E-state index in [4.69, 9.17) is 5.73 Å². The van der Waals surface area contributed by atoms with Crippen molar-refractivity contribution < 1.29 is 0 Å². The summed E-state index contributed by atoms with van der Waals surface area (Å²) >= 11 is 0. The Labute approximate surface area is 66.2 Å². The van der Waals surface area contributed by atoms with Gasteiger partial charge in [-0.15, -0.1) is 0 Å². The van der Waals surface area contributed by atoms with Gasteiger partial charge in [0, 0.05) is 17.8 Å². The monoisotopic (exact) mass is 151 g/mol. The maximum absolute atomic E-state index is 5.69. The second-order valence-electron chi connectivity index (χ2n) is 3.27. The van der Waals surface area contributed by atoms with Crippen LogP contribution in [0.3, 0.4) is 0 Å². The Morgan fingerprint density at radius 2 is 2.45 bits per heavy atom. The highest BCUT2D eigenvalue weighted by molar-refractivity contribution is 5.09. The maximum Gasteiger partial charge on any atom is 0.0537 e. The lowest BCUT2D eigenvalue weighted by Crippen LogP contribution is -2.03. The fourth-order valence-corrected chi connectivity index (χ4v) is 1.13. The molecule has 2 rings (SSSR count). The molecule has 3 nitrogen and oxygen atoms in total. The first-order valence-corrected chi connectivity index (χ1v) is 4.07. The summed E-state index contributed by atoms with van der Waals surface area (Å²) in [4.78, 5) is 0. The number of nitrogens with two attached hydrogens (primary N) is 1. The highest BCUT2D eigenvalue weighted by Crippen LogP contribution is 2.34. The molecule has 1 aliphatic carbocycles. The summed E-state index contributed by atoms with van der Waals surface area (Å²) in [5, 5.41) is 4.24. The predicted molar refractivity (Wildman–Crippen MR) is 43.1 cm³/mol. The van der Waals surface area contributed by atoms with Gasteiger partial charge in [-0.2, -0.15) is 5.10 Å². The normalized spacial score (nSPS) is 20.2. The minimum absolute atomic E-state index is 0.113. The SMILES string of the molecule is CC(N)c1cnn(C2CC2)c1. The van der Waals surface area contributed by atoms with Crippen LogP contribution < -0.4 is 5.73 Å². The van der Waals surface area contributed by atoms with Crippen LogP contribution in [0.4, 0.5) is 0 Å². The van der Waals surface area contributed by atoms with E-state index in [2.05, 4.69) is 11.3 Å². The fourth-order valence-electron chi connectivity index (χ4n) is 1.13. The number of nitrogens with zero attached hydrogens (tertiary/aromatic N) is 2. The summed E-state index contributed by atoms with van der Waals surface area (Å²) in [7, 11) is 0. The van der Waals surface area contributed by atoms with Gasteiger partial charge in [-0.05, 0) is 19.8 Å². The van der Waals surface area contributed by atoms with E-state index in [0.29, 0.717) is 6.04 Å². The van der Waals surface area contributed by atoms with Crippen molar-refractivity contribution in [3.63, 3.8) is 0 Å². The van der Waals surface area contributed by atoms with Crippen LogP contribution in [-0.4, -0.2) is 9.78 Å². The van der Waals surface area contributed by atoms with Gasteiger partial charge < -0.3 is 5.73 Å². The highest BCUT2D eigenvalue weighted by atomic mass is 15.3. The van der Waals surface area contributed by atoms with E-state index >= 15 is 0 Å². The standard InChI is InChI=1S/C8H13N3/c1-6(9)7-4-10-11(5-7)8-2-3-8/h4-6,8H,2-3,9H2,1H3. The predicted octanol–water partition coefficient (Wildman–Crippen LogP) is 1.24. The Bertz CT molecular complexity index is 231. The number of hydrogen-bond acceptors (Lipinski definition) is 2. The summed E-state index contributed by atoms with van der Waals surface area (Å²) in [5.41, 5.74) is 6.83. The van der Waals surface area contributed by atoms with E-state index in [1.54, 1.807) is 0 Å². The lowest BCUT2D eigenvalue weighted by atomic mass is 10.2. The van der Waals surface area contributed by atoms with Crippen molar-refractivity contribution in [1.82, 2.24) is 9.78 Å². The molecular formula is C8H13N3. The minimum atomic E-state index is 0.113. The third-order valence-corrected chi connectivity index (χ3v) is 2.07. The molecule has 1 unspecified atom stereocenters.